The average Bonchev–Trinajstić information content (AvgIpc) is 3.50. The van der Waals surface area contributed by atoms with Crippen molar-refractivity contribution in [2.45, 2.75) is 82.6 Å². The largest absolute Gasteiger partial charge is 0.256 e. The van der Waals surface area contributed by atoms with Crippen molar-refractivity contribution in [3.05, 3.63) is 261 Å². The molecule has 8 aromatic carbocycles. The number of pyridine rings is 3. The lowest BCUT2D eigenvalue weighted by molar-refractivity contribution is 1.18. The van der Waals surface area contributed by atoms with Crippen LogP contribution in [0.5, 0.6) is 0 Å². The van der Waals surface area contributed by atoms with Crippen LogP contribution in [0, 0.1) is 0 Å². The van der Waals surface area contributed by atoms with Gasteiger partial charge in [-0.05, 0) is 98.9 Å². The fraction of sp³-hybridized carbons (Fsp3) is 0.179. The highest BCUT2D eigenvalue weighted by Crippen LogP contribution is 2.28. The zero-order valence-electron chi connectivity index (χ0n) is 44.7. The van der Waals surface area contributed by atoms with Crippen molar-refractivity contribution in [2.75, 3.05) is 0 Å². The van der Waals surface area contributed by atoms with E-state index >= 15 is 0 Å². The molecule has 0 atom stereocenters. The van der Waals surface area contributed by atoms with Crippen LogP contribution in [-0.2, 0) is 6.42 Å². The Hall–Kier alpha value is -8.15. The molecule has 72 heavy (non-hydrogen) atoms. The van der Waals surface area contributed by atoms with Gasteiger partial charge in [-0.3, -0.25) is 15.0 Å². The van der Waals surface area contributed by atoms with Crippen LogP contribution < -0.4 is 0 Å². The first-order valence-corrected chi connectivity index (χ1v) is 25.7. The molecule has 5 heteroatoms. The first-order chi connectivity index (χ1) is 35.8. The van der Waals surface area contributed by atoms with Gasteiger partial charge in [0.05, 0.1) is 16.6 Å². The van der Waals surface area contributed by atoms with Crippen molar-refractivity contribution in [3.8, 4) is 0 Å². The molecule has 5 nitrogen and oxygen atoms in total. The van der Waals surface area contributed by atoms with Gasteiger partial charge in [0.2, 0.25) is 0 Å². The summed E-state index contributed by atoms with van der Waals surface area (Å²) in [6.45, 7) is 22.2. The van der Waals surface area contributed by atoms with Crippen LogP contribution >= 0.6 is 0 Å². The zero-order valence-corrected chi connectivity index (χ0v) is 44.7. The van der Waals surface area contributed by atoms with E-state index in [9.17, 15) is 0 Å². The molecule has 0 aliphatic rings. The Morgan fingerprint density at radius 2 is 0.542 bits per heavy atom. The van der Waals surface area contributed by atoms with Crippen LogP contribution in [0.15, 0.2) is 255 Å². The summed E-state index contributed by atoms with van der Waals surface area (Å²) in [5.41, 5.74) is 5.23. The number of hydrogen-bond donors (Lipinski definition) is 0. The number of aryl methyl sites for hydroxylation is 1. The number of rotatable bonds is 1. The number of nitrogens with zero attached hydrogens (tertiary/aromatic N) is 5. The van der Waals surface area contributed by atoms with Gasteiger partial charge in [-0.1, -0.05) is 246 Å². The van der Waals surface area contributed by atoms with Crippen molar-refractivity contribution in [3.63, 3.8) is 0 Å². The summed E-state index contributed by atoms with van der Waals surface area (Å²) in [7, 11) is 0. The van der Waals surface area contributed by atoms with Crippen LogP contribution in [0.2, 0.25) is 0 Å². The Bertz CT molecular complexity index is 2580. The van der Waals surface area contributed by atoms with Gasteiger partial charge in [-0.15, -0.1) is 0 Å². The van der Waals surface area contributed by atoms with Crippen molar-refractivity contribution < 1.29 is 0 Å². The number of aromatic nitrogens is 5. The van der Waals surface area contributed by atoms with Crippen LogP contribution in [0.3, 0.4) is 0 Å². The summed E-state index contributed by atoms with van der Waals surface area (Å²) in [4.78, 5) is 20.6. The predicted octanol–water partition coefficient (Wildman–Crippen LogP) is 19.7. The molecule has 4 aromatic heterocycles. The van der Waals surface area contributed by atoms with Crippen LogP contribution in [0.1, 0.15) is 81.7 Å². The first kappa shape index (κ1) is 60.0. The Kier molecular flexibility index (Phi) is 32.2. The summed E-state index contributed by atoms with van der Waals surface area (Å²) >= 11 is 0. The molecule has 0 radical (unpaired) electrons. The molecule has 0 aliphatic heterocycles. The lowest BCUT2D eigenvalue weighted by atomic mass is 9.95. The lowest BCUT2D eigenvalue weighted by Crippen LogP contribution is -1.86. The van der Waals surface area contributed by atoms with Gasteiger partial charge in [-0.25, -0.2) is 9.97 Å². The summed E-state index contributed by atoms with van der Waals surface area (Å²) in [5, 5.41) is 10.4. The summed E-state index contributed by atoms with van der Waals surface area (Å²) in [6.07, 6.45) is 9.78. The molecule has 12 aromatic rings. The van der Waals surface area contributed by atoms with Crippen molar-refractivity contribution in [1.29, 1.82) is 0 Å². The van der Waals surface area contributed by atoms with Gasteiger partial charge < -0.3 is 0 Å². The van der Waals surface area contributed by atoms with Gasteiger partial charge in [0, 0.05) is 41.8 Å². The molecular formula is C67H77N5. The summed E-state index contributed by atoms with van der Waals surface area (Å²) in [6, 6.07) is 76.0. The van der Waals surface area contributed by atoms with E-state index in [0.29, 0.717) is 0 Å². The quantitative estimate of drug-likeness (QED) is 0.153. The van der Waals surface area contributed by atoms with Gasteiger partial charge in [-0.2, -0.15) is 0 Å². The Morgan fingerprint density at radius 1 is 0.250 bits per heavy atom. The van der Waals surface area contributed by atoms with E-state index in [0.717, 1.165) is 34.0 Å². The maximum absolute atomic E-state index is 4.18. The maximum atomic E-state index is 4.18. The minimum Gasteiger partial charge on any atom is -0.256 e. The smallest absolute Gasteiger partial charge is 0.159 e. The molecule has 0 spiro atoms. The molecule has 0 saturated carbocycles. The van der Waals surface area contributed by atoms with Crippen LogP contribution in [0.25, 0.3) is 65.3 Å². The van der Waals surface area contributed by atoms with Gasteiger partial charge >= 0.3 is 0 Å². The topological polar surface area (TPSA) is 64.5 Å². The molecule has 12 rings (SSSR count). The second-order valence-electron chi connectivity index (χ2n) is 13.9. The highest BCUT2D eigenvalue weighted by Gasteiger charge is 2.04. The molecule has 4 heterocycles. The summed E-state index contributed by atoms with van der Waals surface area (Å²) < 4.78 is 0. The summed E-state index contributed by atoms with van der Waals surface area (Å²) in [5.74, 6) is 0. The standard InChI is InChI=1S/C16H14.C10H8.C9H7N.2C8H6N2.C6H6.5C2H6/c1-2-14-15-9-5-3-7-12(15)11-13-8-4-6-10-16(13)14;1-2-6-10-8-4-3-7-9(10)5-1;1-2-6-9-8(4-1)5-3-7-10-9;1-3-7-4-2-6-10-8(7)9-5-1;1-2-4-8-7(3-1)9-5-6-10-8;1-2-4-6-5-3-1;5*1-2/h3-11H,2H2,1H3;1-8H;1-7H;2*1-6H;1-6H;5*1-2H3. The number of para-hydroxylation sites is 3. The van der Waals surface area contributed by atoms with E-state index in [1.807, 2.05) is 185 Å². The number of hydrogen-bond acceptors (Lipinski definition) is 5. The molecule has 0 bridgehead atoms. The zero-order chi connectivity index (χ0) is 52.4. The Morgan fingerprint density at radius 3 is 0.917 bits per heavy atom. The number of benzene rings is 8. The molecule has 0 aliphatic carbocycles. The third-order valence-electron chi connectivity index (χ3n) is 9.83. The first-order valence-electron chi connectivity index (χ1n) is 25.7. The molecule has 0 saturated heterocycles. The van der Waals surface area contributed by atoms with Gasteiger partial charge in [0.15, 0.2) is 5.65 Å². The van der Waals surface area contributed by atoms with Crippen molar-refractivity contribution in [1.82, 2.24) is 24.9 Å². The molecule has 0 N–H and O–H groups in total. The van der Waals surface area contributed by atoms with Gasteiger partial charge in [0.1, 0.15) is 0 Å². The normalized spacial score (nSPS) is 9.10. The third kappa shape index (κ3) is 20.4. The minimum absolute atomic E-state index is 0.810. The monoisotopic (exact) mass is 952 g/mol. The van der Waals surface area contributed by atoms with E-state index in [1.165, 1.54) is 43.3 Å². The maximum Gasteiger partial charge on any atom is 0.159 e. The second-order valence-corrected chi connectivity index (χ2v) is 13.9. The highest BCUT2D eigenvalue weighted by atomic mass is 14.8. The molecule has 0 amide bonds. The highest BCUT2D eigenvalue weighted by molar-refractivity contribution is 6.02. The SMILES string of the molecule is CC.CC.CC.CC.CC.CCc1c2ccccc2cc2ccccc12.c1ccc2ccccc2c1.c1ccc2ncccc2c1.c1ccc2nccnc2c1.c1ccccc1.c1cnc2ncccc2c1. The minimum atomic E-state index is 0.810. The molecule has 0 fully saturated rings. The second kappa shape index (κ2) is 38.7. The van der Waals surface area contributed by atoms with E-state index in [4.69, 9.17) is 0 Å². The Labute approximate surface area is 431 Å². The van der Waals surface area contributed by atoms with Crippen molar-refractivity contribution in [2.24, 2.45) is 0 Å². The van der Waals surface area contributed by atoms with E-state index in [-0.39, 0.29) is 0 Å². The predicted molar refractivity (Wildman–Crippen MR) is 319 cm³/mol. The fourth-order valence-electron chi connectivity index (χ4n) is 6.84. The van der Waals surface area contributed by atoms with Crippen LogP contribution in [0.4, 0.5) is 0 Å². The average molecular weight is 952 g/mol. The fourth-order valence-corrected chi connectivity index (χ4v) is 6.84. The Balaban J connectivity index is 0.000000290. The van der Waals surface area contributed by atoms with E-state index in [2.05, 4.69) is 147 Å². The van der Waals surface area contributed by atoms with E-state index < -0.39 is 0 Å². The number of fused-ring (bicyclic) bond motifs is 6. The molecule has 370 valence electrons. The third-order valence-corrected chi connectivity index (χ3v) is 9.83. The van der Waals surface area contributed by atoms with Crippen LogP contribution in [-0.4, -0.2) is 24.9 Å². The van der Waals surface area contributed by atoms with E-state index in [1.54, 1.807) is 24.8 Å². The molecular weight excluding hydrogens is 875 g/mol. The van der Waals surface area contributed by atoms with Crippen molar-refractivity contribution >= 4 is 65.3 Å². The van der Waals surface area contributed by atoms with Gasteiger partial charge in [0.25, 0.3) is 0 Å². The molecule has 0 unspecified atom stereocenters. The lowest BCUT2D eigenvalue weighted by Gasteiger charge is -2.09.